The standard InChI is InChI=1S/C27H19Cl2N3O8/c1-39-20-12-19(18(28)11-17(20)26(36)37)31-23(33)14-4-3-5-15(10-14)30-22-21(29)24(34)32(25(22)35)16-8-6-13(7-9-16)27(38)40-2/h3-12,30H,1-2H3,(H,31,33)(H,36,37). The Morgan fingerprint density at radius 1 is 0.900 bits per heavy atom. The summed E-state index contributed by atoms with van der Waals surface area (Å²) in [6.07, 6.45) is 0. The number of carboxylic acid groups (broad SMARTS) is 1. The lowest BCUT2D eigenvalue weighted by atomic mass is 10.1. The first kappa shape index (κ1) is 28.1. The molecule has 0 radical (unpaired) electrons. The van der Waals surface area contributed by atoms with Gasteiger partial charge in [-0.1, -0.05) is 29.3 Å². The van der Waals surface area contributed by atoms with Gasteiger partial charge < -0.3 is 25.2 Å². The Morgan fingerprint density at radius 3 is 2.23 bits per heavy atom. The van der Waals surface area contributed by atoms with Crippen LogP contribution in [-0.2, 0) is 14.3 Å². The van der Waals surface area contributed by atoms with Gasteiger partial charge in [-0.2, -0.15) is 0 Å². The minimum absolute atomic E-state index is 0.00176. The van der Waals surface area contributed by atoms with Crippen molar-refractivity contribution in [3.8, 4) is 5.75 Å². The van der Waals surface area contributed by atoms with Crippen molar-refractivity contribution in [3.63, 3.8) is 0 Å². The smallest absolute Gasteiger partial charge is 0.339 e. The predicted octanol–water partition coefficient (Wildman–Crippen LogP) is 4.52. The molecular weight excluding hydrogens is 565 g/mol. The van der Waals surface area contributed by atoms with Gasteiger partial charge in [0, 0.05) is 17.3 Å². The van der Waals surface area contributed by atoms with Crippen LogP contribution in [0.25, 0.3) is 0 Å². The van der Waals surface area contributed by atoms with Crippen LogP contribution in [0, 0.1) is 0 Å². The van der Waals surface area contributed by atoms with Crippen molar-refractivity contribution in [2.45, 2.75) is 0 Å². The zero-order valence-electron chi connectivity index (χ0n) is 20.8. The molecule has 0 atom stereocenters. The molecule has 11 nitrogen and oxygen atoms in total. The van der Waals surface area contributed by atoms with Crippen LogP contribution in [0.1, 0.15) is 31.1 Å². The molecule has 3 N–H and O–H groups in total. The van der Waals surface area contributed by atoms with Crippen molar-refractivity contribution >= 4 is 69.9 Å². The molecular formula is C27H19Cl2N3O8. The normalized spacial score (nSPS) is 12.8. The van der Waals surface area contributed by atoms with Gasteiger partial charge in [-0.3, -0.25) is 14.4 Å². The SMILES string of the molecule is COC(=O)c1ccc(N2C(=O)C(Cl)=C(Nc3cccc(C(=O)Nc4cc(OC)c(C(=O)O)cc4Cl)c3)C2=O)cc1. The van der Waals surface area contributed by atoms with E-state index in [9.17, 15) is 29.1 Å². The number of carboxylic acids is 1. The summed E-state index contributed by atoms with van der Waals surface area (Å²) in [5, 5.41) is 14.3. The van der Waals surface area contributed by atoms with Crippen molar-refractivity contribution in [3.05, 3.63) is 93.1 Å². The molecule has 0 bridgehead atoms. The molecule has 40 heavy (non-hydrogen) atoms. The first-order valence-corrected chi connectivity index (χ1v) is 12.1. The highest BCUT2D eigenvalue weighted by molar-refractivity contribution is 6.53. The second kappa shape index (κ2) is 11.5. The summed E-state index contributed by atoms with van der Waals surface area (Å²) < 4.78 is 9.72. The molecule has 1 aliphatic heterocycles. The molecule has 0 saturated carbocycles. The number of ether oxygens (including phenoxy) is 2. The van der Waals surface area contributed by atoms with Crippen LogP contribution in [0.5, 0.6) is 5.75 Å². The summed E-state index contributed by atoms with van der Waals surface area (Å²) in [5.41, 5.74) is 0.565. The van der Waals surface area contributed by atoms with Crippen LogP contribution in [0.4, 0.5) is 17.1 Å². The number of hydrogen-bond acceptors (Lipinski definition) is 8. The number of amides is 3. The quantitative estimate of drug-likeness (QED) is 0.256. The van der Waals surface area contributed by atoms with Crippen LogP contribution in [0.2, 0.25) is 5.02 Å². The number of hydrogen-bond donors (Lipinski definition) is 3. The molecule has 0 fully saturated rings. The molecule has 1 heterocycles. The maximum Gasteiger partial charge on any atom is 0.339 e. The number of benzene rings is 3. The van der Waals surface area contributed by atoms with Gasteiger partial charge in [0.15, 0.2) is 0 Å². The Bertz CT molecular complexity index is 1600. The molecule has 0 aliphatic carbocycles. The van der Waals surface area contributed by atoms with E-state index < -0.39 is 29.7 Å². The summed E-state index contributed by atoms with van der Waals surface area (Å²) in [7, 11) is 2.51. The molecule has 3 aromatic carbocycles. The molecule has 1 aliphatic rings. The summed E-state index contributed by atoms with van der Waals surface area (Å²) >= 11 is 12.4. The van der Waals surface area contributed by atoms with E-state index in [2.05, 4.69) is 15.4 Å². The van der Waals surface area contributed by atoms with Gasteiger partial charge in [0.1, 0.15) is 22.0 Å². The van der Waals surface area contributed by atoms with E-state index in [1.165, 1.54) is 62.8 Å². The molecule has 13 heteroatoms. The number of carbonyl (C=O) groups excluding carboxylic acids is 4. The van der Waals surface area contributed by atoms with Gasteiger partial charge in [0.05, 0.1) is 36.2 Å². The molecule has 3 aromatic rings. The summed E-state index contributed by atoms with van der Waals surface area (Å²) in [6.45, 7) is 0. The number of carbonyl (C=O) groups is 5. The highest BCUT2D eigenvalue weighted by Crippen LogP contribution is 2.33. The Hall–Kier alpha value is -4.87. The zero-order valence-corrected chi connectivity index (χ0v) is 22.3. The number of imide groups is 1. The number of nitrogens with one attached hydrogen (secondary N) is 2. The van der Waals surface area contributed by atoms with E-state index in [-0.39, 0.29) is 55.3 Å². The fourth-order valence-corrected chi connectivity index (χ4v) is 4.20. The van der Waals surface area contributed by atoms with Gasteiger partial charge in [0.2, 0.25) is 0 Å². The molecule has 0 spiro atoms. The average Bonchev–Trinajstić information content (AvgIpc) is 3.16. The fourth-order valence-electron chi connectivity index (χ4n) is 3.77. The Morgan fingerprint density at radius 2 is 1.60 bits per heavy atom. The monoisotopic (exact) mass is 583 g/mol. The second-order valence-electron chi connectivity index (χ2n) is 8.17. The van der Waals surface area contributed by atoms with E-state index in [1.807, 2.05) is 0 Å². The largest absolute Gasteiger partial charge is 0.496 e. The van der Waals surface area contributed by atoms with Crippen molar-refractivity contribution in [2.24, 2.45) is 0 Å². The minimum atomic E-state index is -1.25. The van der Waals surface area contributed by atoms with Gasteiger partial charge >= 0.3 is 11.9 Å². The topological polar surface area (TPSA) is 151 Å². The summed E-state index contributed by atoms with van der Waals surface area (Å²) in [4.78, 5) is 62.7. The third-order valence-corrected chi connectivity index (χ3v) is 6.40. The highest BCUT2D eigenvalue weighted by Gasteiger charge is 2.39. The van der Waals surface area contributed by atoms with E-state index in [1.54, 1.807) is 6.07 Å². The Labute approximate surface area is 236 Å². The van der Waals surface area contributed by atoms with Crippen LogP contribution in [0.3, 0.4) is 0 Å². The lowest BCUT2D eigenvalue weighted by molar-refractivity contribution is -0.120. The maximum atomic E-state index is 13.1. The van der Waals surface area contributed by atoms with E-state index in [4.69, 9.17) is 27.9 Å². The van der Waals surface area contributed by atoms with Crippen LogP contribution >= 0.6 is 23.2 Å². The molecule has 0 aromatic heterocycles. The third kappa shape index (κ3) is 5.46. The fraction of sp³-hybridized carbons (Fsp3) is 0.0741. The summed E-state index contributed by atoms with van der Waals surface area (Å²) in [6, 6.07) is 14.0. The Kier molecular flexibility index (Phi) is 8.08. The average molecular weight is 584 g/mol. The number of esters is 1. The van der Waals surface area contributed by atoms with Gasteiger partial charge in [0.25, 0.3) is 17.7 Å². The third-order valence-electron chi connectivity index (χ3n) is 5.74. The van der Waals surface area contributed by atoms with Gasteiger partial charge in [-0.05, 0) is 48.5 Å². The predicted molar refractivity (Wildman–Crippen MR) is 146 cm³/mol. The van der Waals surface area contributed by atoms with Crippen LogP contribution in [0.15, 0.2) is 71.4 Å². The van der Waals surface area contributed by atoms with Crippen molar-refractivity contribution in [2.75, 3.05) is 29.8 Å². The van der Waals surface area contributed by atoms with Crippen LogP contribution < -0.4 is 20.3 Å². The number of nitrogens with zero attached hydrogens (tertiary/aromatic N) is 1. The van der Waals surface area contributed by atoms with E-state index in [0.717, 1.165) is 11.0 Å². The summed E-state index contributed by atoms with van der Waals surface area (Å²) in [5.74, 6) is -3.95. The first-order chi connectivity index (χ1) is 19.0. The molecule has 0 saturated heterocycles. The first-order valence-electron chi connectivity index (χ1n) is 11.3. The molecule has 204 valence electrons. The number of rotatable bonds is 8. The van der Waals surface area contributed by atoms with Crippen LogP contribution in [-0.4, -0.2) is 49.0 Å². The zero-order chi connectivity index (χ0) is 29.1. The molecule has 0 unspecified atom stereocenters. The maximum absolute atomic E-state index is 13.1. The van der Waals surface area contributed by atoms with Gasteiger partial charge in [-0.15, -0.1) is 0 Å². The minimum Gasteiger partial charge on any atom is -0.496 e. The number of aromatic carboxylic acids is 1. The lowest BCUT2D eigenvalue weighted by Crippen LogP contribution is -2.32. The number of halogens is 2. The Balaban J connectivity index is 1.53. The second-order valence-corrected chi connectivity index (χ2v) is 8.96. The number of methoxy groups -OCH3 is 2. The highest BCUT2D eigenvalue weighted by atomic mass is 35.5. The van der Waals surface area contributed by atoms with E-state index >= 15 is 0 Å². The molecule has 3 amide bonds. The van der Waals surface area contributed by atoms with Crippen molar-refractivity contribution in [1.29, 1.82) is 0 Å². The van der Waals surface area contributed by atoms with Crippen molar-refractivity contribution < 1.29 is 38.6 Å². The van der Waals surface area contributed by atoms with Crippen molar-refractivity contribution in [1.82, 2.24) is 0 Å². The van der Waals surface area contributed by atoms with E-state index in [0.29, 0.717) is 0 Å². The number of anilines is 3. The molecule has 4 rings (SSSR count). The van der Waals surface area contributed by atoms with Gasteiger partial charge in [-0.25, -0.2) is 14.5 Å². The lowest BCUT2D eigenvalue weighted by Gasteiger charge is -2.15.